The van der Waals surface area contributed by atoms with E-state index in [2.05, 4.69) is 20.7 Å². The Balaban J connectivity index is 1.50. The molecule has 1 amide bonds. The number of hydrogen-bond acceptors (Lipinski definition) is 7. The van der Waals surface area contributed by atoms with Crippen molar-refractivity contribution in [3.63, 3.8) is 0 Å². The van der Waals surface area contributed by atoms with E-state index in [0.717, 1.165) is 28.3 Å². The van der Waals surface area contributed by atoms with Gasteiger partial charge in [0, 0.05) is 11.3 Å². The van der Waals surface area contributed by atoms with Crippen LogP contribution in [0.25, 0.3) is 17.1 Å². The summed E-state index contributed by atoms with van der Waals surface area (Å²) < 4.78 is 12.7. The number of carbonyl (C=O) groups excluding carboxylic acids is 1. The van der Waals surface area contributed by atoms with Gasteiger partial charge in [-0.05, 0) is 67.9 Å². The van der Waals surface area contributed by atoms with Gasteiger partial charge in [0.2, 0.25) is 0 Å². The number of aromatic nitrogens is 3. The number of nitrogens with one attached hydrogen (secondary N) is 1. The molecule has 0 saturated carbocycles. The highest BCUT2D eigenvalue weighted by Crippen LogP contribution is 2.28. The van der Waals surface area contributed by atoms with Crippen molar-refractivity contribution in [1.82, 2.24) is 20.2 Å². The SMILES string of the molecule is CCOc1ccc(-n2c(SCC(=O)NN=C(C)c3ccc(OC)cc3)nnc2-c2ccccc2)cc1. The lowest BCUT2D eigenvalue weighted by atomic mass is 10.1. The van der Waals surface area contributed by atoms with E-state index < -0.39 is 0 Å². The first-order chi connectivity index (χ1) is 17.6. The summed E-state index contributed by atoms with van der Waals surface area (Å²) >= 11 is 1.29. The number of hydrogen-bond donors (Lipinski definition) is 1. The first kappa shape index (κ1) is 25.0. The van der Waals surface area contributed by atoms with Crippen LogP contribution in [0, 0.1) is 0 Å². The molecular weight excluding hydrogens is 474 g/mol. The standard InChI is InChI=1S/C27H27N5O3S/c1-4-35-24-16-12-22(13-17-24)32-26(21-8-6-5-7-9-21)30-31-27(32)36-18-25(33)29-28-19(2)20-10-14-23(34-3)15-11-20/h5-17H,4,18H2,1-3H3,(H,29,33). The number of benzene rings is 3. The molecule has 0 atom stereocenters. The highest BCUT2D eigenvalue weighted by atomic mass is 32.2. The van der Waals surface area contributed by atoms with Gasteiger partial charge in [-0.1, -0.05) is 42.1 Å². The summed E-state index contributed by atoms with van der Waals surface area (Å²) in [6.45, 7) is 4.38. The largest absolute Gasteiger partial charge is 0.497 e. The van der Waals surface area contributed by atoms with Crippen LogP contribution in [0.2, 0.25) is 0 Å². The second kappa shape index (κ2) is 12.0. The first-order valence-corrected chi connectivity index (χ1v) is 12.4. The zero-order valence-corrected chi connectivity index (χ0v) is 21.2. The van der Waals surface area contributed by atoms with Gasteiger partial charge >= 0.3 is 0 Å². The molecule has 0 saturated heterocycles. The number of nitrogens with zero attached hydrogens (tertiary/aromatic N) is 4. The van der Waals surface area contributed by atoms with Crippen molar-refractivity contribution in [2.45, 2.75) is 19.0 Å². The average Bonchev–Trinajstić information content (AvgIpc) is 3.35. The third-order valence-electron chi connectivity index (χ3n) is 5.26. The fourth-order valence-corrected chi connectivity index (χ4v) is 4.18. The third-order valence-corrected chi connectivity index (χ3v) is 6.19. The van der Waals surface area contributed by atoms with Gasteiger partial charge in [-0.2, -0.15) is 5.10 Å². The summed E-state index contributed by atoms with van der Waals surface area (Å²) in [5.74, 6) is 2.13. The van der Waals surface area contributed by atoms with E-state index in [-0.39, 0.29) is 11.7 Å². The maximum absolute atomic E-state index is 12.6. The molecule has 36 heavy (non-hydrogen) atoms. The maximum atomic E-state index is 12.6. The van der Waals surface area contributed by atoms with Gasteiger partial charge in [-0.25, -0.2) is 5.43 Å². The van der Waals surface area contributed by atoms with Crippen LogP contribution < -0.4 is 14.9 Å². The van der Waals surface area contributed by atoms with Gasteiger partial charge in [0.1, 0.15) is 11.5 Å². The second-order valence-corrected chi connectivity index (χ2v) is 8.63. The number of methoxy groups -OCH3 is 1. The maximum Gasteiger partial charge on any atom is 0.250 e. The Kier molecular flexibility index (Phi) is 8.36. The normalized spacial score (nSPS) is 11.2. The molecule has 184 valence electrons. The van der Waals surface area contributed by atoms with Crippen LogP contribution in [-0.4, -0.2) is 45.9 Å². The zero-order chi connectivity index (χ0) is 25.3. The van der Waals surface area contributed by atoms with Crippen LogP contribution in [0.15, 0.2) is 89.1 Å². The van der Waals surface area contributed by atoms with E-state index >= 15 is 0 Å². The van der Waals surface area contributed by atoms with Crippen molar-refractivity contribution in [2.24, 2.45) is 5.10 Å². The summed E-state index contributed by atoms with van der Waals surface area (Å²) in [5, 5.41) is 13.6. The number of thioether (sulfide) groups is 1. The predicted molar refractivity (Wildman–Crippen MR) is 142 cm³/mol. The molecule has 1 N–H and O–H groups in total. The number of hydrazone groups is 1. The minimum atomic E-state index is -0.240. The Morgan fingerprint density at radius 2 is 1.67 bits per heavy atom. The van der Waals surface area contributed by atoms with Gasteiger partial charge < -0.3 is 9.47 Å². The van der Waals surface area contributed by atoms with E-state index in [9.17, 15) is 4.79 Å². The quantitative estimate of drug-likeness (QED) is 0.187. The zero-order valence-electron chi connectivity index (χ0n) is 20.3. The van der Waals surface area contributed by atoms with Crippen LogP contribution in [-0.2, 0) is 4.79 Å². The summed E-state index contributed by atoms with van der Waals surface area (Å²) in [4.78, 5) is 12.6. The topological polar surface area (TPSA) is 90.6 Å². The fourth-order valence-electron chi connectivity index (χ4n) is 3.43. The van der Waals surface area contributed by atoms with Crippen molar-refractivity contribution >= 4 is 23.4 Å². The molecule has 0 aliphatic heterocycles. The smallest absolute Gasteiger partial charge is 0.250 e. The number of amides is 1. The highest BCUT2D eigenvalue weighted by molar-refractivity contribution is 7.99. The summed E-state index contributed by atoms with van der Waals surface area (Å²) in [5.41, 5.74) is 6.01. The van der Waals surface area contributed by atoms with Gasteiger partial charge in [0.05, 0.1) is 25.2 Å². The number of carbonyl (C=O) groups is 1. The summed E-state index contributed by atoms with van der Waals surface area (Å²) in [7, 11) is 1.62. The van der Waals surface area contributed by atoms with Crippen molar-refractivity contribution in [3.05, 3.63) is 84.4 Å². The molecule has 0 unspecified atom stereocenters. The molecule has 0 radical (unpaired) electrons. The molecule has 3 aromatic carbocycles. The minimum Gasteiger partial charge on any atom is -0.497 e. The van der Waals surface area contributed by atoms with E-state index in [0.29, 0.717) is 23.3 Å². The van der Waals surface area contributed by atoms with Crippen LogP contribution in [0.3, 0.4) is 0 Å². The van der Waals surface area contributed by atoms with Gasteiger partial charge in [-0.15, -0.1) is 10.2 Å². The molecule has 1 aromatic heterocycles. The molecule has 8 nitrogen and oxygen atoms in total. The van der Waals surface area contributed by atoms with Crippen LogP contribution in [0.4, 0.5) is 0 Å². The van der Waals surface area contributed by atoms with E-state index in [1.165, 1.54) is 11.8 Å². The molecule has 0 bridgehead atoms. The predicted octanol–water partition coefficient (Wildman–Crippen LogP) is 4.97. The van der Waals surface area contributed by atoms with Crippen molar-refractivity contribution in [3.8, 4) is 28.6 Å². The molecule has 1 heterocycles. The van der Waals surface area contributed by atoms with E-state index in [1.54, 1.807) is 7.11 Å². The summed E-state index contributed by atoms with van der Waals surface area (Å²) in [6.07, 6.45) is 0. The number of rotatable bonds is 10. The molecule has 0 fully saturated rings. The van der Waals surface area contributed by atoms with E-state index in [1.807, 2.05) is 97.3 Å². The first-order valence-electron chi connectivity index (χ1n) is 11.4. The molecule has 9 heteroatoms. The van der Waals surface area contributed by atoms with Crippen molar-refractivity contribution in [2.75, 3.05) is 19.5 Å². The molecule has 4 aromatic rings. The lowest BCUT2D eigenvalue weighted by Crippen LogP contribution is -2.21. The monoisotopic (exact) mass is 501 g/mol. The lowest BCUT2D eigenvalue weighted by molar-refractivity contribution is -0.118. The summed E-state index contributed by atoms with van der Waals surface area (Å²) in [6, 6.07) is 25.0. The van der Waals surface area contributed by atoms with Gasteiger partial charge in [-0.3, -0.25) is 9.36 Å². The van der Waals surface area contributed by atoms with Gasteiger partial charge in [0.15, 0.2) is 11.0 Å². The lowest BCUT2D eigenvalue weighted by Gasteiger charge is -2.11. The third kappa shape index (κ3) is 6.11. The van der Waals surface area contributed by atoms with Crippen molar-refractivity contribution in [1.29, 1.82) is 0 Å². The highest BCUT2D eigenvalue weighted by Gasteiger charge is 2.17. The van der Waals surface area contributed by atoms with Crippen LogP contribution in [0.1, 0.15) is 19.4 Å². The van der Waals surface area contributed by atoms with Crippen LogP contribution >= 0.6 is 11.8 Å². The molecule has 0 aliphatic rings. The Labute approximate surface area is 214 Å². The van der Waals surface area contributed by atoms with Gasteiger partial charge in [0.25, 0.3) is 5.91 Å². The Bertz CT molecular complexity index is 1320. The molecule has 4 rings (SSSR count). The Hall–Kier alpha value is -4.11. The minimum absolute atomic E-state index is 0.128. The molecule has 0 spiro atoms. The Morgan fingerprint density at radius 3 is 2.33 bits per heavy atom. The molecular formula is C27H27N5O3S. The Morgan fingerprint density at radius 1 is 0.972 bits per heavy atom. The fraction of sp³-hybridized carbons (Fsp3) is 0.185. The second-order valence-electron chi connectivity index (χ2n) is 7.68. The number of ether oxygens (including phenoxy) is 2. The molecule has 0 aliphatic carbocycles. The average molecular weight is 502 g/mol. The van der Waals surface area contributed by atoms with E-state index in [4.69, 9.17) is 9.47 Å². The van der Waals surface area contributed by atoms with Crippen LogP contribution in [0.5, 0.6) is 11.5 Å². The van der Waals surface area contributed by atoms with Crippen molar-refractivity contribution < 1.29 is 14.3 Å².